The molecule has 0 saturated heterocycles. The highest BCUT2D eigenvalue weighted by Crippen LogP contribution is 2.35. The van der Waals surface area contributed by atoms with E-state index in [0.29, 0.717) is 17.9 Å². The van der Waals surface area contributed by atoms with Crippen LogP contribution in [0, 0.1) is 6.92 Å². The van der Waals surface area contributed by atoms with Crippen LogP contribution >= 0.6 is 0 Å². The van der Waals surface area contributed by atoms with Crippen LogP contribution in [0.2, 0.25) is 0 Å². The van der Waals surface area contributed by atoms with Crippen LogP contribution in [0.3, 0.4) is 0 Å². The molecule has 1 aromatic rings. The Balaban J connectivity index is 2.30. The van der Waals surface area contributed by atoms with Crippen LogP contribution in [0.1, 0.15) is 35.6 Å². The summed E-state index contributed by atoms with van der Waals surface area (Å²) in [5.41, 5.74) is 4.16. The fourth-order valence-electron chi connectivity index (χ4n) is 2.55. The second kappa shape index (κ2) is 4.78. The van der Waals surface area contributed by atoms with Crippen LogP contribution in [0.4, 0.5) is 0 Å². The minimum Gasteiger partial charge on any atom is -0.507 e. The average Bonchev–Trinajstić information content (AvgIpc) is 2.75. The van der Waals surface area contributed by atoms with E-state index >= 15 is 0 Å². The number of carbonyl (C=O) groups excluding carboxylic acids is 1. The van der Waals surface area contributed by atoms with Crippen molar-refractivity contribution in [3.63, 3.8) is 0 Å². The number of hydrogen-bond acceptors (Lipinski definition) is 3. The molecule has 0 unspecified atom stereocenters. The Hall–Kier alpha value is -1.51. The van der Waals surface area contributed by atoms with E-state index in [-0.39, 0.29) is 12.4 Å². The molecule has 0 heterocycles. The van der Waals surface area contributed by atoms with Crippen molar-refractivity contribution in [3.05, 3.63) is 28.3 Å². The number of phenolic OH excluding ortho intramolecular Hbond substituents is 1. The molecule has 92 valence electrons. The minimum absolute atomic E-state index is 0.161. The quantitative estimate of drug-likeness (QED) is 0.816. The average molecular weight is 234 g/mol. The number of esters is 1. The van der Waals surface area contributed by atoms with E-state index in [2.05, 4.69) is 0 Å². The van der Waals surface area contributed by atoms with Gasteiger partial charge < -0.3 is 9.84 Å². The van der Waals surface area contributed by atoms with Crippen LogP contribution in [-0.2, 0) is 28.8 Å². The molecule has 0 aromatic heterocycles. The summed E-state index contributed by atoms with van der Waals surface area (Å²) in [7, 11) is 0. The van der Waals surface area contributed by atoms with Gasteiger partial charge in [0.15, 0.2) is 0 Å². The molecule has 1 aliphatic carbocycles. The van der Waals surface area contributed by atoms with Crippen LogP contribution < -0.4 is 0 Å². The van der Waals surface area contributed by atoms with Gasteiger partial charge in [-0.05, 0) is 49.8 Å². The summed E-state index contributed by atoms with van der Waals surface area (Å²) in [5, 5.41) is 10.1. The van der Waals surface area contributed by atoms with Gasteiger partial charge in [0.2, 0.25) is 0 Å². The van der Waals surface area contributed by atoms with E-state index in [0.717, 1.165) is 24.8 Å². The molecule has 3 nitrogen and oxygen atoms in total. The largest absolute Gasteiger partial charge is 0.507 e. The molecule has 0 fully saturated rings. The van der Waals surface area contributed by atoms with Gasteiger partial charge in [-0.25, -0.2) is 0 Å². The first kappa shape index (κ1) is 12.0. The Kier molecular flexibility index (Phi) is 3.36. The van der Waals surface area contributed by atoms with Crippen molar-refractivity contribution >= 4 is 5.97 Å². The molecule has 0 aliphatic heterocycles. The molecule has 1 N–H and O–H groups in total. The number of aryl methyl sites for hydroxylation is 1. The van der Waals surface area contributed by atoms with E-state index < -0.39 is 0 Å². The van der Waals surface area contributed by atoms with Crippen molar-refractivity contribution < 1.29 is 14.6 Å². The number of aromatic hydroxyl groups is 1. The summed E-state index contributed by atoms with van der Waals surface area (Å²) in [4.78, 5) is 11.4. The smallest absolute Gasteiger partial charge is 0.310 e. The minimum atomic E-state index is -0.278. The molecule has 2 rings (SSSR count). The van der Waals surface area contributed by atoms with Crippen molar-refractivity contribution in [2.45, 2.75) is 39.5 Å². The lowest BCUT2D eigenvalue weighted by atomic mass is 9.97. The zero-order chi connectivity index (χ0) is 12.4. The number of hydrogen-bond donors (Lipinski definition) is 1. The molecule has 3 heteroatoms. The van der Waals surface area contributed by atoms with E-state index in [9.17, 15) is 9.90 Å². The zero-order valence-corrected chi connectivity index (χ0v) is 10.4. The van der Waals surface area contributed by atoms with Gasteiger partial charge in [0, 0.05) is 5.56 Å². The molecule has 1 aromatic carbocycles. The van der Waals surface area contributed by atoms with E-state index in [1.54, 1.807) is 6.92 Å². The highest BCUT2D eigenvalue weighted by Gasteiger charge is 2.21. The van der Waals surface area contributed by atoms with Gasteiger partial charge in [0.25, 0.3) is 0 Å². The van der Waals surface area contributed by atoms with E-state index in [4.69, 9.17) is 4.74 Å². The molecule has 0 radical (unpaired) electrons. The first-order valence-electron chi connectivity index (χ1n) is 6.12. The van der Waals surface area contributed by atoms with Crippen LogP contribution in [0.25, 0.3) is 0 Å². The molecule has 17 heavy (non-hydrogen) atoms. The normalized spacial score (nSPS) is 13.5. The third-order valence-electron chi connectivity index (χ3n) is 3.31. The van der Waals surface area contributed by atoms with Gasteiger partial charge in [-0.15, -0.1) is 0 Å². The Morgan fingerprint density at radius 3 is 2.82 bits per heavy atom. The fraction of sp³-hybridized carbons (Fsp3) is 0.500. The number of benzene rings is 1. The number of phenols is 1. The topological polar surface area (TPSA) is 46.5 Å². The SMILES string of the molecule is CCOC(=O)Cc1cc(C)c2c(c1O)CCC2. The first-order valence-corrected chi connectivity index (χ1v) is 6.12. The summed E-state index contributed by atoms with van der Waals surface area (Å²) in [6.45, 7) is 4.20. The molecule has 1 aliphatic rings. The summed E-state index contributed by atoms with van der Waals surface area (Å²) < 4.78 is 4.91. The predicted octanol–water partition coefficient (Wildman–Crippen LogP) is 2.29. The monoisotopic (exact) mass is 234 g/mol. The number of rotatable bonds is 3. The maximum Gasteiger partial charge on any atom is 0.310 e. The van der Waals surface area contributed by atoms with Crippen LogP contribution in [0.5, 0.6) is 5.75 Å². The molecule has 0 atom stereocenters. The zero-order valence-electron chi connectivity index (χ0n) is 10.4. The van der Waals surface area contributed by atoms with Crippen molar-refractivity contribution in [2.75, 3.05) is 6.61 Å². The predicted molar refractivity (Wildman–Crippen MR) is 65.2 cm³/mol. The summed E-state index contributed by atoms with van der Waals surface area (Å²) in [6, 6.07) is 1.91. The van der Waals surface area contributed by atoms with Crippen LogP contribution in [-0.4, -0.2) is 17.7 Å². The maximum atomic E-state index is 11.4. The highest BCUT2D eigenvalue weighted by molar-refractivity contribution is 5.74. The van der Waals surface area contributed by atoms with Crippen molar-refractivity contribution in [3.8, 4) is 5.75 Å². The molecule has 0 bridgehead atoms. The van der Waals surface area contributed by atoms with Crippen molar-refractivity contribution in [1.82, 2.24) is 0 Å². The lowest BCUT2D eigenvalue weighted by Crippen LogP contribution is -2.08. The lowest BCUT2D eigenvalue weighted by Gasteiger charge is -2.12. The molecule has 0 spiro atoms. The van der Waals surface area contributed by atoms with Gasteiger partial charge in [-0.1, -0.05) is 6.07 Å². The number of ether oxygens (including phenoxy) is 1. The van der Waals surface area contributed by atoms with Gasteiger partial charge in [0.1, 0.15) is 5.75 Å². The third kappa shape index (κ3) is 2.28. The first-order chi connectivity index (χ1) is 8.13. The number of fused-ring (bicyclic) bond motifs is 1. The lowest BCUT2D eigenvalue weighted by molar-refractivity contribution is -0.142. The molecule has 0 saturated carbocycles. The number of carbonyl (C=O) groups is 1. The van der Waals surface area contributed by atoms with E-state index in [1.165, 1.54) is 11.1 Å². The van der Waals surface area contributed by atoms with Crippen molar-refractivity contribution in [1.29, 1.82) is 0 Å². The van der Waals surface area contributed by atoms with Gasteiger partial charge >= 0.3 is 5.97 Å². The molecular weight excluding hydrogens is 216 g/mol. The maximum absolute atomic E-state index is 11.4. The summed E-state index contributed by atoms with van der Waals surface area (Å²) in [5.74, 6) is 0.0244. The van der Waals surface area contributed by atoms with Crippen molar-refractivity contribution in [2.24, 2.45) is 0 Å². The van der Waals surface area contributed by atoms with Gasteiger partial charge in [-0.3, -0.25) is 4.79 Å². The third-order valence-corrected chi connectivity index (χ3v) is 3.31. The van der Waals surface area contributed by atoms with Gasteiger partial charge in [0.05, 0.1) is 13.0 Å². The standard InChI is InChI=1S/C14H18O3/c1-3-17-13(15)8-10-7-9(2)11-5-4-6-12(11)14(10)16/h7,16H,3-6,8H2,1-2H3. The molecule has 0 amide bonds. The Labute approximate surface area is 101 Å². The summed E-state index contributed by atoms with van der Waals surface area (Å²) in [6.07, 6.45) is 3.20. The second-order valence-electron chi connectivity index (χ2n) is 4.49. The Morgan fingerprint density at radius 1 is 1.41 bits per heavy atom. The molecular formula is C14H18O3. The fourth-order valence-corrected chi connectivity index (χ4v) is 2.55. The second-order valence-corrected chi connectivity index (χ2v) is 4.49. The Bertz CT molecular complexity index is 449. The van der Waals surface area contributed by atoms with E-state index in [1.807, 2.05) is 13.0 Å². The van der Waals surface area contributed by atoms with Gasteiger partial charge in [-0.2, -0.15) is 0 Å². The Morgan fingerprint density at radius 2 is 2.12 bits per heavy atom. The highest BCUT2D eigenvalue weighted by atomic mass is 16.5. The summed E-state index contributed by atoms with van der Waals surface area (Å²) >= 11 is 0. The van der Waals surface area contributed by atoms with Crippen LogP contribution in [0.15, 0.2) is 6.07 Å².